The number of unbranched alkanes of at least 4 members (excludes halogenated alkanes) is 1. The van der Waals surface area contributed by atoms with Crippen molar-refractivity contribution in [2.75, 3.05) is 18.6 Å². The highest BCUT2D eigenvalue weighted by Gasteiger charge is 2.30. The van der Waals surface area contributed by atoms with E-state index in [1.54, 1.807) is 0 Å². The Morgan fingerprint density at radius 2 is 1.45 bits per heavy atom. The van der Waals surface area contributed by atoms with Crippen molar-refractivity contribution in [2.24, 2.45) is 17.2 Å². The second-order valence-corrected chi connectivity index (χ2v) is 8.03. The molecular weight excluding hydrogens is 428 g/mol. The summed E-state index contributed by atoms with van der Waals surface area (Å²) in [6.45, 7) is 1.78. The van der Waals surface area contributed by atoms with Crippen LogP contribution >= 0.6 is 11.8 Å². The van der Waals surface area contributed by atoms with Gasteiger partial charge in [0.2, 0.25) is 23.6 Å². The Labute approximate surface area is 185 Å². The van der Waals surface area contributed by atoms with E-state index in [4.69, 9.17) is 17.2 Å². The molecule has 178 valence electrons. The van der Waals surface area contributed by atoms with Crippen molar-refractivity contribution in [2.45, 2.75) is 63.2 Å². The third-order valence-corrected chi connectivity index (χ3v) is 4.90. The number of aliphatic carboxylic acids is 1. The van der Waals surface area contributed by atoms with E-state index >= 15 is 0 Å². The Kier molecular flexibility index (Phi) is 14.2. The molecule has 0 aromatic rings. The molecular formula is C18H34N6O6S. The van der Waals surface area contributed by atoms with E-state index in [-0.39, 0.29) is 12.8 Å². The van der Waals surface area contributed by atoms with Gasteiger partial charge in [-0.2, -0.15) is 11.8 Å². The fraction of sp³-hybridized carbons (Fsp3) is 0.722. The number of rotatable bonds is 16. The van der Waals surface area contributed by atoms with Gasteiger partial charge in [0, 0.05) is 0 Å². The number of hydrogen-bond donors (Lipinski definition) is 7. The first-order chi connectivity index (χ1) is 14.5. The third kappa shape index (κ3) is 12.2. The van der Waals surface area contributed by atoms with Crippen LogP contribution in [0.15, 0.2) is 0 Å². The summed E-state index contributed by atoms with van der Waals surface area (Å²) in [4.78, 5) is 60.0. The highest BCUT2D eigenvalue weighted by Crippen LogP contribution is 2.06. The molecule has 4 unspecified atom stereocenters. The molecule has 4 amide bonds. The zero-order valence-electron chi connectivity index (χ0n) is 17.9. The van der Waals surface area contributed by atoms with Crippen LogP contribution in [0, 0.1) is 0 Å². The van der Waals surface area contributed by atoms with E-state index < -0.39 is 60.2 Å². The summed E-state index contributed by atoms with van der Waals surface area (Å²) >= 11 is 1.44. The number of primary amides is 1. The molecule has 0 aromatic heterocycles. The van der Waals surface area contributed by atoms with Gasteiger partial charge in [-0.15, -0.1) is 0 Å². The van der Waals surface area contributed by atoms with Crippen LogP contribution in [0.2, 0.25) is 0 Å². The Hall–Kier alpha value is -2.38. The second kappa shape index (κ2) is 15.4. The summed E-state index contributed by atoms with van der Waals surface area (Å²) in [5.41, 5.74) is 16.1. The van der Waals surface area contributed by atoms with Gasteiger partial charge in [-0.1, -0.05) is 0 Å². The fourth-order valence-corrected chi connectivity index (χ4v) is 2.98. The van der Waals surface area contributed by atoms with Crippen molar-refractivity contribution in [3.05, 3.63) is 0 Å². The smallest absolute Gasteiger partial charge is 0.326 e. The summed E-state index contributed by atoms with van der Waals surface area (Å²) in [6, 6.07) is -4.46. The van der Waals surface area contributed by atoms with Gasteiger partial charge < -0.3 is 38.3 Å². The minimum atomic E-state index is -1.33. The van der Waals surface area contributed by atoms with Gasteiger partial charge in [0.05, 0.1) is 12.5 Å². The van der Waals surface area contributed by atoms with Gasteiger partial charge in [0.1, 0.15) is 18.1 Å². The van der Waals surface area contributed by atoms with Gasteiger partial charge in [0.25, 0.3) is 0 Å². The number of carboxylic acid groups (broad SMARTS) is 1. The second-order valence-electron chi connectivity index (χ2n) is 7.05. The molecule has 0 radical (unpaired) electrons. The van der Waals surface area contributed by atoms with E-state index in [0.29, 0.717) is 25.1 Å². The molecule has 0 aromatic carbocycles. The summed E-state index contributed by atoms with van der Waals surface area (Å²) in [7, 11) is 0. The zero-order valence-corrected chi connectivity index (χ0v) is 18.7. The molecule has 0 spiro atoms. The Bertz CT molecular complexity index is 633. The predicted molar refractivity (Wildman–Crippen MR) is 117 cm³/mol. The summed E-state index contributed by atoms with van der Waals surface area (Å²) in [5.74, 6) is -3.67. The van der Waals surface area contributed by atoms with Crippen LogP contribution in [0.4, 0.5) is 0 Å². The van der Waals surface area contributed by atoms with Crippen LogP contribution < -0.4 is 33.2 Å². The lowest BCUT2D eigenvalue weighted by molar-refractivity contribution is -0.142. The molecule has 0 bridgehead atoms. The van der Waals surface area contributed by atoms with E-state index in [9.17, 15) is 29.1 Å². The van der Waals surface area contributed by atoms with Crippen molar-refractivity contribution < 1.29 is 29.1 Å². The molecule has 4 atom stereocenters. The van der Waals surface area contributed by atoms with Crippen LogP contribution in [-0.2, 0) is 24.0 Å². The quantitative estimate of drug-likeness (QED) is 0.122. The van der Waals surface area contributed by atoms with Gasteiger partial charge >= 0.3 is 5.97 Å². The number of nitrogens with one attached hydrogen (secondary N) is 3. The van der Waals surface area contributed by atoms with Crippen LogP contribution in [-0.4, -0.2) is 77.4 Å². The van der Waals surface area contributed by atoms with E-state index in [0.717, 1.165) is 0 Å². The van der Waals surface area contributed by atoms with Gasteiger partial charge in [-0.25, -0.2) is 4.79 Å². The lowest BCUT2D eigenvalue weighted by Gasteiger charge is -2.24. The van der Waals surface area contributed by atoms with Gasteiger partial charge in [0.15, 0.2) is 0 Å². The van der Waals surface area contributed by atoms with Crippen molar-refractivity contribution in [3.63, 3.8) is 0 Å². The van der Waals surface area contributed by atoms with Gasteiger partial charge in [-0.3, -0.25) is 19.2 Å². The molecule has 31 heavy (non-hydrogen) atoms. The zero-order chi connectivity index (χ0) is 24.0. The normalized spacial score (nSPS) is 14.6. The first-order valence-electron chi connectivity index (χ1n) is 9.90. The van der Waals surface area contributed by atoms with Crippen molar-refractivity contribution >= 4 is 41.4 Å². The Balaban J connectivity index is 5.40. The molecule has 10 N–H and O–H groups in total. The largest absolute Gasteiger partial charge is 0.480 e. The molecule has 12 nitrogen and oxygen atoms in total. The van der Waals surface area contributed by atoms with E-state index in [2.05, 4.69) is 16.0 Å². The van der Waals surface area contributed by atoms with Crippen LogP contribution in [0.1, 0.15) is 39.0 Å². The van der Waals surface area contributed by atoms with E-state index in [1.165, 1.54) is 18.7 Å². The summed E-state index contributed by atoms with van der Waals surface area (Å²) in [6.07, 6.45) is 2.79. The lowest BCUT2D eigenvalue weighted by atomic mass is 10.1. The molecule has 0 heterocycles. The highest BCUT2D eigenvalue weighted by molar-refractivity contribution is 7.98. The monoisotopic (exact) mass is 462 g/mol. The number of carboxylic acids is 1. The third-order valence-electron chi connectivity index (χ3n) is 4.26. The predicted octanol–water partition coefficient (Wildman–Crippen LogP) is -2.37. The Morgan fingerprint density at radius 3 is 1.94 bits per heavy atom. The number of hydrogen-bond acceptors (Lipinski definition) is 8. The topological polar surface area (TPSA) is 220 Å². The highest BCUT2D eigenvalue weighted by atomic mass is 32.2. The lowest BCUT2D eigenvalue weighted by Crippen LogP contribution is -2.57. The number of carbonyl (C=O) groups is 5. The maximum atomic E-state index is 12.7. The fourth-order valence-electron chi connectivity index (χ4n) is 2.51. The molecule has 0 fully saturated rings. The molecule has 0 aliphatic heterocycles. The summed E-state index contributed by atoms with van der Waals surface area (Å²) in [5, 5.41) is 16.5. The van der Waals surface area contributed by atoms with E-state index in [1.807, 2.05) is 6.26 Å². The average Bonchev–Trinajstić information content (AvgIpc) is 2.68. The minimum absolute atomic E-state index is 0.189. The van der Waals surface area contributed by atoms with Crippen molar-refractivity contribution in [3.8, 4) is 0 Å². The SMILES string of the molecule is CSCCC(NC(=O)C(CCCCN)NC(=O)C(CC(N)=O)NC(=O)C(C)N)C(=O)O. The van der Waals surface area contributed by atoms with Crippen LogP contribution in [0.25, 0.3) is 0 Å². The molecule has 0 saturated heterocycles. The summed E-state index contributed by atoms with van der Waals surface area (Å²) < 4.78 is 0. The number of thioether (sulfide) groups is 1. The van der Waals surface area contributed by atoms with Crippen molar-refractivity contribution in [1.82, 2.24) is 16.0 Å². The van der Waals surface area contributed by atoms with Crippen LogP contribution in [0.3, 0.4) is 0 Å². The molecule has 0 rings (SSSR count). The standard InChI is InChI=1S/C18H34N6O6S/c1-10(20)15(26)24-13(9-14(21)25)17(28)22-11(5-3-4-7-19)16(27)23-12(18(29)30)6-8-31-2/h10-13H,3-9,19-20H2,1-2H3,(H2,21,25)(H,22,28)(H,23,27)(H,24,26)(H,29,30). The van der Waals surface area contributed by atoms with Crippen molar-refractivity contribution in [1.29, 1.82) is 0 Å². The maximum Gasteiger partial charge on any atom is 0.326 e. The average molecular weight is 463 g/mol. The first kappa shape index (κ1) is 28.6. The van der Waals surface area contributed by atoms with Gasteiger partial charge in [-0.05, 0) is 51.2 Å². The molecule has 0 aliphatic rings. The molecule has 0 saturated carbocycles. The number of nitrogens with two attached hydrogens (primary N) is 3. The Morgan fingerprint density at radius 1 is 0.903 bits per heavy atom. The minimum Gasteiger partial charge on any atom is -0.480 e. The number of amides is 4. The van der Waals surface area contributed by atoms with Crippen LogP contribution in [0.5, 0.6) is 0 Å². The molecule has 13 heteroatoms. The number of carbonyl (C=O) groups excluding carboxylic acids is 4. The molecule has 0 aliphatic carbocycles. The maximum absolute atomic E-state index is 12.7. The first-order valence-corrected chi connectivity index (χ1v) is 11.3.